The third kappa shape index (κ3) is 2.28. The highest BCUT2D eigenvalue weighted by molar-refractivity contribution is 7.10. The molecule has 14 heavy (non-hydrogen) atoms. The van der Waals surface area contributed by atoms with Crippen molar-refractivity contribution in [3.05, 3.63) is 16.3 Å². The average Bonchev–Trinajstić information content (AvgIpc) is 2.78. The smallest absolute Gasteiger partial charge is 0.0468 e. The molecule has 1 heterocycles. The summed E-state index contributed by atoms with van der Waals surface area (Å²) in [6.07, 6.45) is 4.04. The normalized spacial score (nSPS) is 25.2. The van der Waals surface area contributed by atoms with Crippen LogP contribution in [-0.4, -0.2) is 6.04 Å². The summed E-state index contributed by atoms with van der Waals surface area (Å²) in [6, 6.07) is 2.74. The molecule has 2 rings (SSSR count). The lowest BCUT2D eigenvalue weighted by molar-refractivity contribution is 0.603. The number of hydrogen-bond donors (Lipinski definition) is 2. The predicted molar refractivity (Wildman–Crippen MR) is 62.4 cm³/mol. The molecule has 3 heteroatoms. The molecule has 0 aliphatic heterocycles. The van der Waals surface area contributed by atoms with Crippen LogP contribution in [0.3, 0.4) is 0 Å². The fourth-order valence-electron chi connectivity index (χ4n) is 1.91. The Balaban J connectivity index is 1.72. The molecular weight excluding hydrogens is 192 g/mol. The first-order chi connectivity index (χ1) is 6.81. The molecule has 2 nitrogen and oxygen atoms in total. The second kappa shape index (κ2) is 4.32. The summed E-state index contributed by atoms with van der Waals surface area (Å²) in [6.45, 7) is 3.21. The summed E-state index contributed by atoms with van der Waals surface area (Å²) >= 11 is 1.75. The van der Waals surface area contributed by atoms with Gasteiger partial charge in [0.05, 0.1) is 0 Å². The van der Waals surface area contributed by atoms with Gasteiger partial charge in [0, 0.05) is 23.2 Å². The molecule has 0 bridgehead atoms. The van der Waals surface area contributed by atoms with Crippen molar-refractivity contribution in [1.82, 2.24) is 5.32 Å². The Morgan fingerprint density at radius 2 is 2.50 bits per heavy atom. The number of rotatable bonds is 5. The van der Waals surface area contributed by atoms with E-state index >= 15 is 0 Å². The zero-order chi connectivity index (χ0) is 9.97. The van der Waals surface area contributed by atoms with Crippen molar-refractivity contribution < 1.29 is 0 Å². The summed E-state index contributed by atoms with van der Waals surface area (Å²) in [5.74, 6) is 0.932. The van der Waals surface area contributed by atoms with Crippen LogP contribution in [0.2, 0.25) is 0 Å². The minimum absolute atomic E-state index is 0.761. The third-order valence-corrected chi connectivity index (χ3v) is 3.82. The number of anilines is 1. The van der Waals surface area contributed by atoms with Gasteiger partial charge in [0.15, 0.2) is 0 Å². The van der Waals surface area contributed by atoms with Crippen LogP contribution in [0.25, 0.3) is 0 Å². The van der Waals surface area contributed by atoms with Gasteiger partial charge in [0.25, 0.3) is 0 Å². The maximum atomic E-state index is 5.81. The van der Waals surface area contributed by atoms with Gasteiger partial charge in [-0.3, -0.25) is 0 Å². The Labute approximate surface area is 89.5 Å². The molecule has 78 valence electrons. The van der Waals surface area contributed by atoms with Gasteiger partial charge >= 0.3 is 0 Å². The molecule has 1 fully saturated rings. The lowest BCUT2D eigenvalue weighted by Gasteiger charge is -2.02. The zero-order valence-electron chi connectivity index (χ0n) is 8.62. The number of hydrogen-bond acceptors (Lipinski definition) is 3. The van der Waals surface area contributed by atoms with E-state index in [9.17, 15) is 0 Å². The topological polar surface area (TPSA) is 38.0 Å². The largest absolute Gasteiger partial charge is 0.398 e. The van der Waals surface area contributed by atoms with Crippen molar-refractivity contribution >= 4 is 17.0 Å². The Kier molecular flexibility index (Phi) is 3.08. The molecule has 1 aliphatic rings. The number of thiophene rings is 1. The summed E-state index contributed by atoms with van der Waals surface area (Å²) in [4.78, 5) is 1.28. The maximum absolute atomic E-state index is 5.81. The molecular formula is C11H18N2S. The van der Waals surface area contributed by atoms with Crippen LogP contribution in [0.1, 0.15) is 31.1 Å². The second-order valence-corrected chi connectivity index (χ2v) is 5.07. The van der Waals surface area contributed by atoms with Crippen LogP contribution in [0, 0.1) is 5.92 Å². The molecule has 1 saturated carbocycles. The Morgan fingerprint density at radius 3 is 3.14 bits per heavy atom. The summed E-state index contributed by atoms with van der Waals surface area (Å²) < 4.78 is 0. The molecule has 0 saturated heterocycles. The highest BCUT2D eigenvalue weighted by atomic mass is 32.1. The van der Waals surface area contributed by atoms with Crippen LogP contribution in [0.4, 0.5) is 5.69 Å². The molecule has 1 aliphatic carbocycles. The van der Waals surface area contributed by atoms with Gasteiger partial charge in [0.2, 0.25) is 0 Å². The average molecular weight is 210 g/mol. The van der Waals surface area contributed by atoms with Gasteiger partial charge < -0.3 is 11.1 Å². The van der Waals surface area contributed by atoms with E-state index < -0.39 is 0 Å². The lowest BCUT2D eigenvalue weighted by Crippen LogP contribution is -2.17. The molecule has 1 aromatic heterocycles. The van der Waals surface area contributed by atoms with E-state index in [1.165, 1.54) is 24.1 Å². The predicted octanol–water partition coefficient (Wildman–Crippen LogP) is 2.61. The molecule has 0 radical (unpaired) electrons. The molecule has 2 unspecified atom stereocenters. The fourth-order valence-corrected chi connectivity index (χ4v) is 2.66. The van der Waals surface area contributed by atoms with Crippen molar-refractivity contribution in [2.75, 3.05) is 5.73 Å². The van der Waals surface area contributed by atoms with Crippen LogP contribution < -0.4 is 11.1 Å². The first-order valence-corrected chi connectivity index (χ1v) is 6.24. The van der Waals surface area contributed by atoms with Crippen LogP contribution in [0.5, 0.6) is 0 Å². The first-order valence-electron chi connectivity index (χ1n) is 5.36. The number of nitrogen functional groups attached to an aromatic ring is 1. The fraction of sp³-hybridized carbons (Fsp3) is 0.636. The third-order valence-electron chi connectivity index (χ3n) is 2.89. The quantitative estimate of drug-likeness (QED) is 0.784. The minimum Gasteiger partial charge on any atom is -0.398 e. The SMILES string of the molecule is CCCC1CC1NCc1sccc1N. The highest BCUT2D eigenvalue weighted by Crippen LogP contribution is 2.35. The monoisotopic (exact) mass is 210 g/mol. The van der Waals surface area contributed by atoms with Crippen molar-refractivity contribution in [2.24, 2.45) is 5.92 Å². The van der Waals surface area contributed by atoms with Crippen molar-refractivity contribution in [3.63, 3.8) is 0 Å². The summed E-state index contributed by atoms with van der Waals surface area (Å²) in [5.41, 5.74) is 6.75. The summed E-state index contributed by atoms with van der Waals surface area (Å²) in [7, 11) is 0. The lowest BCUT2D eigenvalue weighted by atomic mass is 10.2. The molecule has 0 aromatic carbocycles. The molecule has 0 amide bonds. The van der Waals surface area contributed by atoms with E-state index in [1.807, 2.05) is 6.07 Å². The zero-order valence-corrected chi connectivity index (χ0v) is 9.44. The molecule has 3 N–H and O–H groups in total. The van der Waals surface area contributed by atoms with Gasteiger partial charge in [-0.15, -0.1) is 11.3 Å². The Hall–Kier alpha value is -0.540. The van der Waals surface area contributed by atoms with E-state index in [4.69, 9.17) is 5.73 Å². The Morgan fingerprint density at radius 1 is 1.64 bits per heavy atom. The molecule has 1 aromatic rings. The van der Waals surface area contributed by atoms with E-state index in [1.54, 1.807) is 11.3 Å². The minimum atomic E-state index is 0.761. The van der Waals surface area contributed by atoms with Crippen LogP contribution in [0.15, 0.2) is 11.4 Å². The first kappa shape index (κ1) is 9.99. The number of nitrogens with one attached hydrogen (secondary N) is 1. The van der Waals surface area contributed by atoms with E-state index in [-0.39, 0.29) is 0 Å². The van der Waals surface area contributed by atoms with Gasteiger partial charge in [-0.1, -0.05) is 13.3 Å². The van der Waals surface area contributed by atoms with Gasteiger partial charge in [0.1, 0.15) is 0 Å². The second-order valence-electron chi connectivity index (χ2n) is 4.07. The standard InChI is InChI=1S/C11H18N2S/c1-2-3-8-6-10(8)13-7-11-9(12)4-5-14-11/h4-5,8,10,13H,2-3,6-7,12H2,1H3. The van der Waals surface area contributed by atoms with E-state index in [2.05, 4.69) is 17.6 Å². The van der Waals surface area contributed by atoms with Gasteiger partial charge in [-0.25, -0.2) is 0 Å². The van der Waals surface area contributed by atoms with E-state index in [0.717, 1.165) is 24.2 Å². The van der Waals surface area contributed by atoms with Crippen molar-refractivity contribution in [1.29, 1.82) is 0 Å². The van der Waals surface area contributed by atoms with Crippen LogP contribution >= 0.6 is 11.3 Å². The number of nitrogens with two attached hydrogens (primary N) is 1. The molecule has 2 atom stereocenters. The van der Waals surface area contributed by atoms with E-state index in [0.29, 0.717) is 0 Å². The molecule has 0 spiro atoms. The Bertz CT molecular complexity index is 295. The van der Waals surface area contributed by atoms with Gasteiger partial charge in [-0.05, 0) is 30.2 Å². The van der Waals surface area contributed by atoms with Crippen LogP contribution in [-0.2, 0) is 6.54 Å². The van der Waals surface area contributed by atoms with Crippen molar-refractivity contribution in [2.45, 2.75) is 38.8 Å². The van der Waals surface area contributed by atoms with Gasteiger partial charge in [-0.2, -0.15) is 0 Å². The highest BCUT2D eigenvalue weighted by Gasteiger charge is 2.35. The van der Waals surface area contributed by atoms with Crippen molar-refractivity contribution in [3.8, 4) is 0 Å². The maximum Gasteiger partial charge on any atom is 0.0468 e. The summed E-state index contributed by atoms with van der Waals surface area (Å²) in [5, 5.41) is 5.62.